The molecular weight excluding hydrogens is 351 g/mol. The summed E-state index contributed by atoms with van der Waals surface area (Å²) in [5.41, 5.74) is -2.56. The molecule has 0 unspecified atom stereocenters. The van der Waals surface area contributed by atoms with E-state index in [1.165, 1.54) is 4.90 Å². The first-order chi connectivity index (χ1) is 11.9. The van der Waals surface area contributed by atoms with Crippen molar-refractivity contribution in [3.05, 3.63) is 17.5 Å². The van der Waals surface area contributed by atoms with Gasteiger partial charge in [0, 0.05) is 13.1 Å². The van der Waals surface area contributed by atoms with E-state index >= 15 is 0 Å². The highest BCUT2D eigenvalue weighted by Crippen LogP contribution is 2.44. The number of halogens is 3. The first-order valence-electron chi connectivity index (χ1n) is 8.59. The summed E-state index contributed by atoms with van der Waals surface area (Å²) in [6.07, 6.45) is -1.98. The van der Waals surface area contributed by atoms with Crippen LogP contribution in [0, 0.1) is 17.8 Å². The van der Waals surface area contributed by atoms with Crippen LogP contribution < -0.4 is 0 Å². The molecule has 1 saturated heterocycles. The molecule has 1 aromatic heterocycles. The lowest BCUT2D eigenvalue weighted by atomic mass is 9.92. The largest absolute Gasteiger partial charge is 0.481 e. The summed E-state index contributed by atoms with van der Waals surface area (Å²) < 4.78 is 41.7. The first-order valence-corrected chi connectivity index (χ1v) is 8.59. The van der Waals surface area contributed by atoms with Gasteiger partial charge in [0.25, 0.3) is 5.91 Å². The SMILES string of the molecule is CC(C)(C)n1ncc(C(=O)N2C[C@H](C(=O)O)[C@@H](C3CC3)C2)c1C(F)(F)F. The summed E-state index contributed by atoms with van der Waals surface area (Å²) in [4.78, 5) is 25.5. The quantitative estimate of drug-likeness (QED) is 0.884. The van der Waals surface area contributed by atoms with Gasteiger partial charge < -0.3 is 10.0 Å². The lowest BCUT2D eigenvalue weighted by Crippen LogP contribution is -2.33. The highest BCUT2D eigenvalue weighted by atomic mass is 19.4. The van der Waals surface area contributed by atoms with Crippen LogP contribution in [-0.4, -0.2) is 44.8 Å². The number of likely N-dealkylation sites (tertiary alicyclic amines) is 1. The van der Waals surface area contributed by atoms with Crippen LogP contribution in [-0.2, 0) is 16.5 Å². The Balaban J connectivity index is 1.93. The maximum absolute atomic E-state index is 13.6. The summed E-state index contributed by atoms with van der Waals surface area (Å²) >= 11 is 0. The molecule has 1 saturated carbocycles. The summed E-state index contributed by atoms with van der Waals surface area (Å²) in [6.45, 7) is 4.83. The van der Waals surface area contributed by atoms with E-state index in [4.69, 9.17) is 0 Å². The molecule has 6 nitrogen and oxygen atoms in total. The highest BCUT2D eigenvalue weighted by molar-refractivity contribution is 5.96. The van der Waals surface area contributed by atoms with Crippen LogP contribution in [0.4, 0.5) is 13.2 Å². The number of rotatable bonds is 3. The van der Waals surface area contributed by atoms with Crippen LogP contribution in [0.15, 0.2) is 6.20 Å². The molecule has 26 heavy (non-hydrogen) atoms. The van der Waals surface area contributed by atoms with Crippen molar-refractivity contribution in [2.75, 3.05) is 13.1 Å². The number of nitrogens with zero attached hydrogens (tertiary/aromatic N) is 3. The molecule has 1 N–H and O–H groups in total. The standard InChI is InChI=1S/C17H22F3N3O3/c1-16(2,3)23-13(17(18,19)20)10(6-21-23)14(24)22-7-11(9-4-5-9)12(8-22)15(25)26/h6,9,11-12H,4-5,7-8H2,1-3H3,(H,25,26)/t11-,12+/m1/s1. The van der Waals surface area contributed by atoms with E-state index in [0.29, 0.717) is 0 Å². The molecule has 3 rings (SSSR count). The molecule has 2 aliphatic rings. The minimum Gasteiger partial charge on any atom is -0.481 e. The second-order valence-electron chi connectivity index (χ2n) is 8.14. The number of aromatic nitrogens is 2. The normalized spacial score (nSPS) is 24.2. The summed E-state index contributed by atoms with van der Waals surface area (Å²) in [6, 6.07) is 0. The van der Waals surface area contributed by atoms with Crippen LogP contribution >= 0.6 is 0 Å². The van der Waals surface area contributed by atoms with Crippen LogP contribution in [0.3, 0.4) is 0 Å². The second kappa shape index (κ2) is 5.99. The van der Waals surface area contributed by atoms with Gasteiger partial charge in [-0.05, 0) is 45.4 Å². The third-order valence-electron chi connectivity index (χ3n) is 5.10. The van der Waals surface area contributed by atoms with Gasteiger partial charge in [-0.15, -0.1) is 0 Å². The predicted octanol–water partition coefficient (Wildman–Crippen LogP) is 2.84. The Labute approximate surface area is 149 Å². The van der Waals surface area contributed by atoms with Gasteiger partial charge in [-0.25, -0.2) is 0 Å². The molecule has 0 bridgehead atoms. The summed E-state index contributed by atoms with van der Waals surface area (Å²) in [5.74, 6) is -2.48. The van der Waals surface area contributed by atoms with E-state index in [2.05, 4.69) is 5.10 Å². The number of amides is 1. The Morgan fingerprint density at radius 2 is 1.81 bits per heavy atom. The third-order valence-corrected chi connectivity index (χ3v) is 5.10. The number of hydrogen-bond acceptors (Lipinski definition) is 3. The minimum atomic E-state index is -4.74. The number of carboxylic acids is 1. The Morgan fingerprint density at radius 3 is 2.27 bits per heavy atom. The van der Waals surface area contributed by atoms with Gasteiger partial charge in [0.1, 0.15) is 0 Å². The van der Waals surface area contributed by atoms with Crippen molar-refractivity contribution in [2.45, 2.75) is 45.3 Å². The summed E-state index contributed by atoms with van der Waals surface area (Å²) in [5, 5.41) is 13.2. The number of carbonyl (C=O) groups is 2. The Bertz CT molecular complexity index is 732. The van der Waals surface area contributed by atoms with E-state index in [1.54, 1.807) is 20.8 Å². The van der Waals surface area contributed by atoms with Crippen molar-refractivity contribution in [3.8, 4) is 0 Å². The molecule has 1 amide bonds. The molecular formula is C17H22F3N3O3. The topological polar surface area (TPSA) is 75.4 Å². The smallest absolute Gasteiger partial charge is 0.433 e. The molecule has 1 aliphatic carbocycles. The number of aliphatic carboxylic acids is 1. The van der Waals surface area contributed by atoms with Crippen LogP contribution in [0.25, 0.3) is 0 Å². The van der Waals surface area contributed by atoms with E-state index in [-0.39, 0.29) is 24.9 Å². The Morgan fingerprint density at radius 1 is 1.19 bits per heavy atom. The minimum absolute atomic E-state index is 0.0622. The fourth-order valence-electron chi connectivity index (χ4n) is 3.71. The van der Waals surface area contributed by atoms with E-state index in [0.717, 1.165) is 23.7 Å². The molecule has 2 atom stereocenters. The van der Waals surface area contributed by atoms with E-state index in [1.807, 2.05) is 0 Å². The molecule has 2 fully saturated rings. The number of alkyl halides is 3. The molecule has 144 valence electrons. The zero-order chi connectivity index (χ0) is 19.4. The molecule has 1 aliphatic heterocycles. The maximum Gasteiger partial charge on any atom is 0.433 e. The number of carbonyl (C=O) groups excluding carboxylic acids is 1. The second-order valence-corrected chi connectivity index (χ2v) is 8.14. The first kappa shape index (κ1) is 18.7. The molecule has 0 spiro atoms. The lowest BCUT2D eigenvalue weighted by Gasteiger charge is -2.24. The van der Waals surface area contributed by atoms with E-state index in [9.17, 15) is 27.9 Å². The fourth-order valence-corrected chi connectivity index (χ4v) is 3.71. The van der Waals surface area contributed by atoms with Gasteiger partial charge >= 0.3 is 12.1 Å². The van der Waals surface area contributed by atoms with Crippen LogP contribution in [0.2, 0.25) is 0 Å². The van der Waals surface area contributed by atoms with Crippen molar-refractivity contribution in [2.24, 2.45) is 17.8 Å². The lowest BCUT2D eigenvalue weighted by molar-refractivity contribution is -0.146. The molecule has 2 heterocycles. The Kier molecular flexibility index (Phi) is 4.31. The zero-order valence-electron chi connectivity index (χ0n) is 14.9. The predicted molar refractivity (Wildman–Crippen MR) is 85.5 cm³/mol. The Hall–Kier alpha value is -2.06. The molecule has 0 radical (unpaired) electrons. The van der Waals surface area contributed by atoms with Gasteiger partial charge in [0.15, 0.2) is 5.69 Å². The van der Waals surface area contributed by atoms with Gasteiger partial charge in [-0.2, -0.15) is 18.3 Å². The molecule has 0 aromatic carbocycles. The average Bonchev–Trinajstić information content (AvgIpc) is 3.08. The highest BCUT2D eigenvalue weighted by Gasteiger charge is 2.49. The van der Waals surface area contributed by atoms with Crippen molar-refractivity contribution < 1.29 is 27.9 Å². The van der Waals surface area contributed by atoms with Crippen molar-refractivity contribution in [3.63, 3.8) is 0 Å². The van der Waals surface area contributed by atoms with Crippen molar-refractivity contribution >= 4 is 11.9 Å². The van der Waals surface area contributed by atoms with Gasteiger partial charge in [0.05, 0.1) is 23.2 Å². The fraction of sp³-hybridized carbons (Fsp3) is 0.706. The van der Waals surface area contributed by atoms with Crippen LogP contribution in [0.5, 0.6) is 0 Å². The van der Waals surface area contributed by atoms with Gasteiger partial charge in [-0.3, -0.25) is 14.3 Å². The third kappa shape index (κ3) is 3.31. The number of hydrogen-bond donors (Lipinski definition) is 1. The van der Waals surface area contributed by atoms with Crippen molar-refractivity contribution in [1.29, 1.82) is 0 Å². The monoisotopic (exact) mass is 373 g/mol. The summed E-state index contributed by atoms with van der Waals surface area (Å²) in [7, 11) is 0. The van der Waals surface area contributed by atoms with Gasteiger partial charge in [-0.1, -0.05) is 0 Å². The molecule has 1 aromatic rings. The number of carboxylic acid groups (broad SMARTS) is 1. The maximum atomic E-state index is 13.6. The van der Waals surface area contributed by atoms with E-state index < -0.39 is 40.8 Å². The van der Waals surface area contributed by atoms with Crippen molar-refractivity contribution in [1.82, 2.24) is 14.7 Å². The average molecular weight is 373 g/mol. The molecule has 9 heteroatoms. The zero-order valence-corrected chi connectivity index (χ0v) is 14.9. The van der Waals surface area contributed by atoms with Gasteiger partial charge in [0.2, 0.25) is 0 Å². The van der Waals surface area contributed by atoms with Crippen LogP contribution in [0.1, 0.15) is 49.7 Å².